The fourth-order valence-electron chi connectivity index (χ4n) is 0.936. The maximum Gasteiger partial charge on any atom is 0.151 e. The molecule has 0 bridgehead atoms. The monoisotopic (exact) mass is 218 g/mol. The van der Waals surface area contributed by atoms with E-state index >= 15 is 0 Å². The van der Waals surface area contributed by atoms with Gasteiger partial charge in [-0.2, -0.15) is 5.26 Å². The minimum atomic E-state index is -2.89. The summed E-state index contributed by atoms with van der Waals surface area (Å²) in [6, 6.07) is 2.19. The van der Waals surface area contributed by atoms with Crippen LogP contribution in [0.5, 0.6) is 0 Å². The van der Waals surface area contributed by atoms with Gasteiger partial charge < -0.3 is 4.90 Å². The molecule has 4 nitrogen and oxygen atoms in total. The molecular weight excluding hydrogens is 200 g/mol. The van der Waals surface area contributed by atoms with Gasteiger partial charge in [0.2, 0.25) is 0 Å². The van der Waals surface area contributed by atoms with Gasteiger partial charge in [-0.05, 0) is 14.0 Å². The summed E-state index contributed by atoms with van der Waals surface area (Å²) < 4.78 is 22.4. The topological polar surface area (TPSA) is 61.2 Å². The highest BCUT2D eigenvalue weighted by Crippen LogP contribution is 2.00. The van der Waals surface area contributed by atoms with Crippen molar-refractivity contribution in [3.05, 3.63) is 0 Å². The van der Waals surface area contributed by atoms with E-state index in [1.54, 1.807) is 6.92 Å². The molecule has 0 aliphatic heterocycles. The summed E-state index contributed by atoms with van der Waals surface area (Å²) in [5.41, 5.74) is 0. The van der Waals surface area contributed by atoms with E-state index < -0.39 is 9.84 Å². The lowest BCUT2D eigenvalue weighted by molar-refractivity contribution is 0.275. The van der Waals surface area contributed by atoms with E-state index in [-0.39, 0.29) is 17.5 Å². The van der Waals surface area contributed by atoms with E-state index in [0.29, 0.717) is 13.0 Å². The highest BCUT2D eigenvalue weighted by molar-refractivity contribution is 7.91. The lowest BCUT2D eigenvalue weighted by Crippen LogP contribution is -2.33. The molecule has 0 aromatic heterocycles. The summed E-state index contributed by atoms with van der Waals surface area (Å²) in [6.07, 6.45) is 0.433. The molecule has 0 fully saturated rings. The average molecular weight is 218 g/mol. The third kappa shape index (κ3) is 5.20. The largest absolute Gasteiger partial charge is 0.302 e. The maximum absolute atomic E-state index is 11.2. The lowest BCUT2D eigenvalue weighted by atomic mass is 10.2. The molecule has 0 saturated carbocycles. The van der Waals surface area contributed by atoms with Crippen LogP contribution >= 0.6 is 0 Å². The summed E-state index contributed by atoms with van der Waals surface area (Å²) in [6.45, 7) is 4.06. The van der Waals surface area contributed by atoms with Gasteiger partial charge in [-0.3, -0.25) is 0 Å². The Morgan fingerprint density at radius 2 is 2.07 bits per heavy atom. The van der Waals surface area contributed by atoms with Crippen LogP contribution in [-0.2, 0) is 9.84 Å². The second-order valence-electron chi connectivity index (χ2n) is 3.43. The van der Waals surface area contributed by atoms with Crippen molar-refractivity contribution in [2.24, 2.45) is 0 Å². The van der Waals surface area contributed by atoms with Crippen LogP contribution in [0.25, 0.3) is 0 Å². The zero-order chi connectivity index (χ0) is 11.2. The molecule has 0 spiro atoms. The van der Waals surface area contributed by atoms with Gasteiger partial charge in [0.15, 0.2) is 9.84 Å². The van der Waals surface area contributed by atoms with Gasteiger partial charge in [0, 0.05) is 18.3 Å². The second-order valence-corrected chi connectivity index (χ2v) is 5.90. The van der Waals surface area contributed by atoms with Crippen molar-refractivity contribution in [3.8, 4) is 6.07 Å². The van der Waals surface area contributed by atoms with Gasteiger partial charge in [0.05, 0.1) is 18.2 Å². The Balaban J connectivity index is 3.97. The molecule has 0 amide bonds. The van der Waals surface area contributed by atoms with Crippen LogP contribution in [0.2, 0.25) is 0 Å². The van der Waals surface area contributed by atoms with Gasteiger partial charge in [-0.1, -0.05) is 6.92 Å². The Kier molecular flexibility index (Phi) is 5.73. The van der Waals surface area contributed by atoms with E-state index in [1.165, 1.54) is 0 Å². The quantitative estimate of drug-likeness (QED) is 0.657. The first-order chi connectivity index (χ1) is 6.43. The SMILES string of the molecule is CCS(=O)(=O)CCN(C)C(C)CC#N. The van der Waals surface area contributed by atoms with Crippen LogP contribution < -0.4 is 0 Å². The molecule has 0 aliphatic carbocycles. The molecule has 14 heavy (non-hydrogen) atoms. The maximum atomic E-state index is 11.2. The summed E-state index contributed by atoms with van der Waals surface area (Å²) in [7, 11) is -1.05. The molecule has 0 aliphatic rings. The van der Waals surface area contributed by atoms with Crippen LogP contribution in [0.1, 0.15) is 20.3 Å². The molecule has 82 valence electrons. The van der Waals surface area contributed by atoms with Crippen LogP contribution in [-0.4, -0.2) is 44.5 Å². The van der Waals surface area contributed by atoms with Crippen molar-refractivity contribution >= 4 is 9.84 Å². The number of nitrogens with zero attached hydrogens (tertiary/aromatic N) is 2. The smallest absolute Gasteiger partial charge is 0.151 e. The molecule has 1 atom stereocenters. The molecular formula is C9H18N2O2S. The van der Waals surface area contributed by atoms with Crippen LogP contribution in [0.3, 0.4) is 0 Å². The van der Waals surface area contributed by atoms with Crippen LogP contribution in [0.4, 0.5) is 0 Å². The Hall–Kier alpha value is -0.600. The normalized spacial score (nSPS) is 13.9. The Morgan fingerprint density at radius 3 is 2.50 bits per heavy atom. The van der Waals surface area contributed by atoms with Crippen molar-refractivity contribution in [1.82, 2.24) is 4.90 Å². The van der Waals surface area contributed by atoms with E-state index in [4.69, 9.17) is 5.26 Å². The van der Waals surface area contributed by atoms with Crippen molar-refractivity contribution < 1.29 is 8.42 Å². The van der Waals surface area contributed by atoms with Crippen molar-refractivity contribution in [3.63, 3.8) is 0 Å². The van der Waals surface area contributed by atoms with Gasteiger partial charge in [0.1, 0.15) is 0 Å². The highest BCUT2D eigenvalue weighted by Gasteiger charge is 2.12. The first-order valence-corrected chi connectivity index (χ1v) is 6.52. The molecule has 0 heterocycles. The standard InChI is InChI=1S/C9H18N2O2S/c1-4-14(12,13)8-7-11(3)9(2)5-6-10/h9H,4-5,7-8H2,1-3H3. The highest BCUT2D eigenvalue weighted by atomic mass is 32.2. The summed E-state index contributed by atoms with van der Waals surface area (Å²) in [5.74, 6) is 0.364. The fraction of sp³-hybridized carbons (Fsp3) is 0.889. The lowest BCUT2D eigenvalue weighted by Gasteiger charge is -2.21. The van der Waals surface area contributed by atoms with Gasteiger partial charge in [-0.25, -0.2) is 8.42 Å². The first-order valence-electron chi connectivity index (χ1n) is 4.70. The number of rotatable bonds is 6. The van der Waals surface area contributed by atoms with Gasteiger partial charge >= 0.3 is 0 Å². The van der Waals surface area contributed by atoms with Crippen LogP contribution in [0, 0.1) is 11.3 Å². The van der Waals surface area contributed by atoms with Crippen LogP contribution in [0.15, 0.2) is 0 Å². The number of hydrogen-bond acceptors (Lipinski definition) is 4. The number of nitriles is 1. The van der Waals surface area contributed by atoms with E-state index in [0.717, 1.165) is 0 Å². The molecule has 1 unspecified atom stereocenters. The van der Waals surface area contributed by atoms with Crippen molar-refractivity contribution in [2.45, 2.75) is 26.3 Å². The molecule has 0 aromatic rings. The number of sulfone groups is 1. The number of hydrogen-bond donors (Lipinski definition) is 0. The fourth-order valence-corrected chi connectivity index (χ4v) is 1.79. The van der Waals surface area contributed by atoms with Gasteiger partial charge in [-0.15, -0.1) is 0 Å². The predicted molar refractivity (Wildman–Crippen MR) is 56.6 cm³/mol. The minimum Gasteiger partial charge on any atom is -0.302 e. The molecule has 0 radical (unpaired) electrons. The van der Waals surface area contributed by atoms with Gasteiger partial charge in [0.25, 0.3) is 0 Å². The second kappa shape index (κ2) is 5.99. The zero-order valence-corrected chi connectivity index (χ0v) is 9.84. The molecule has 0 rings (SSSR count). The van der Waals surface area contributed by atoms with E-state index in [1.807, 2.05) is 18.9 Å². The molecule has 5 heteroatoms. The summed E-state index contributed by atoms with van der Waals surface area (Å²) in [4.78, 5) is 1.90. The third-order valence-electron chi connectivity index (χ3n) is 2.33. The summed E-state index contributed by atoms with van der Waals surface area (Å²) >= 11 is 0. The molecule has 0 N–H and O–H groups in total. The van der Waals surface area contributed by atoms with E-state index in [2.05, 4.69) is 6.07 Å². The third-order valence-corrected chi connectivity index (χ3v) is 4.02. The summed E-state index contributed by atoms with van der Waals surface area (Å²) in [5, 5.41) is 8.46. The zero-order valence-electron chi connectivity index (χ0n) is 9.02. The van der Waals surface area contributed by atoms with Crippen molar-refractivity contribution in [2.75, 3.05) is 25.1 Å². The first kappa shape index (κ1) is 13.4. The minimum absolute atomic E-state index is 0.118. The Morgan fingerprint density at radius 1 is 1.50 bits per heavy atom. The average Bonchev–Trinajstić information content (AvgIpc) is 2.15. The predicted octanol–water partition coefficient (Wildman–Crippen LogP) is 0.655. The van der Waals surface area contributed by atoms with Crippen molar-refractivity contribution in [1.29, 1.82) is 5.26 Å². The molecule has 0 aromatic carbocycles. The molecule has 0 saturated heterocycles. The Bertz CT molecular complexity index is 292. The van der Waals surface area contributed by atoms with E-state index in [9.17, 15) is 8.42 Å². The Labute approximate surface area is 86.4 Å².